The van der Waals surface area contributed by atoms with Gasteiger partial charge in [-0.2, -0.15) is 0 Å². The van der Waals surface area contributed by atoms with Crippen molar-refractivity contribution in [3.8, 4) is 0 Å². The molecule has 2 aromatic rings. The Balaban J connectivity index is 0.00000544. The van der Waals surface area contributed by atoms with Crippen molar-refractivity contribution in [3.63, 3.8) is 0 Å². The van der Waals surface area contributed by atoms with E-state index in [9.17, 15) is 9.90 Å². The van der Waals surface area contributed by atoms with Gasteiger partial charge in [-0.1, -0.05) is 108 Å². The fraction of sp³-hybridized carbons (Fsp3) is 0.552. The van der Waals surface area contributed by atoms with Crippen LogP contribution in [0.2, 0.25) is 0 Å². The fourth-order valence-corrected chi connectivity index (χ4v) is 3.96. The normalized spacial score (nSPS) is 12.3. The van der Waals surface area contributed by atoms with E-state index in [1.54, 1.807) is 0 Å². The van der Waals surface area contributed by atoms with Gasteiger partial charge in [-0.05, 0) is 34.9 Å². The van der Waals surface area contributed by atoms with Crippen LogP contribution in [0.1, 0.15) is 106 Å². The van der Waals surface area contributed by atoms with Crippen molar-refractivity contribution in [2.45, 2.75) is 90.6 Å². The minimum Gasteiger partial charge on any atom is -1.00 e. The second kappa shape index (κ2) is 15.3. The van der Waals surface area contributed by atoms with Gasteiger partial charge in [-0.15, -0.1) is 0 Å². The predicted molar refractivity (Wildman–Crippen MR) is 134 cm³/mol. The number of nitrogens with two attached hydrogens (primary N) is 1. The molecular weight excluding hydrogens is 430 g/mol. The molecule has 0 saturated carbocycles. The second-order valence-electron chi connectivity index (χ2n) is 10.1. The van der Waals surface area contributed by atoms with Crippen LogP contribution in [0.4, 0.5) is 0 Å². The first-order valence-corrected chi connectivity index (χ1v) is 12.5. The number of quaternary nitrogens is 1. The molecule has 0 aliphatic carbocycles. The number of rotatable bonds is 14. The molecule has 0 saturated heterocycles. The van der Waals surface area contributed by atoms with Crippen LogP contribution in [-0.2, 0) is 11.8 Å². The van der Waals surface area contributed by atoms with Gasteiger partial charge >= 0.3 is 0 Å². The predicted octanol–water partition coefficient (Wildman–Crippen LogP) is 2.76. The molecule has 0 aliphatic rings. The Morgan fingerprint density at radius 2 is 1.52 bits per heavy atom. The fourth-order valence-electron chi connectivity index (χ4n) is 3.96. The highest BCUT2D eigenvalue weighted by molar-refractivity contribution is 5.96. The SMILES string of the molecule is CCCCCCCCc1ccc(C(=O)CC[NH2+]CC(O)c2ccc(C(C)(C)C)cc2)cc1.[Cl-]. The van der Waals surface area contributed by atoms with E-state index in [0.717, 1.165) is 17.5 Å². The van der Waals surface area contributed by atoms with Crippen molar-refractivity contribution in [1.29, 1.82) is 0 Å². The summed E-state index contributed by atoms with van der Waals surface area (Å²) in [5.41, 5.74) is 4.43. The number of carbonyl (C=O) groups excluding carboxylic acids is 1. The lowest BCUT2D eigenvalue weighted by Crippen LogP contribution is -3.00. The largest absolute Gasteiger partial charge is 1.00 e. The van der Waals surface area contributed by atoms with Crippen LogP contribution >= 0.6 is 0 Å². The number of benzene rings is 2. The second-order valence-corrected chi connectivity index (χ2v) is 10.1. The molecule has 0 spiro atoms. The van der Waals surface area contributed by atoms with Gasteiger partial charge in [0.15, 0.2) is 5.78 Å². The number of aliphatic hydroxyl groups is 1. The number of carbonyl (C=O) groups is 1. The van der Waals surface area contributed by atoms with Crippen LogP contribution < -0.4 is 17.7 Å². The van der Waals surface area contributed by atoms with Crippen molar-refractivity contribution < 1.29 is 27.6 Å². The van der Waals surface area contributed by atoms with Crippen molar-refractivity contribution in [1.82, 2.24) is 0 Å². The highest BCUT2D eigenvalue weighted by Crippen LogP contribution is 2.23. The van der Waals surface area contributed by atoms with Gasteiger partial charge in [0.05, 0.1) is 13.0 Å². The number of ketones is 1. The molecule has 184 valence electrons. The van der Waals surface area contributed by atoms with E-state index in [1.165, 1.54) is 49.7 Å². The zero-order valence-electron chi connectivity index (χ0n) is 21.1. The van der Waals surface area contributed by atoms with Crippen LogP contribution in [-0.4, -0.2) is 24.0 Å². The van der Waals surface area contributed by atoms with Gasteiger partial charge in [0.2, 0.25) is 0 Å². The van der Waals surface area contributed by atoms with E-state index in [0.29, 0.717) is 19.5 Å². The lowest BCUT2D eigenvalue weighted by atomic mass is 9.86. The number of unbranched alkanes of at least 4 members (excludes halogenated alkanes) is 5. The standard InChI is InChI=1S/C29H43NO2.ClH/c1-5-6-7-8-9-10-11-23-12-14-24(15-13-23)27(31)20-21-30-22-28(32)25-16-18-26(19-17-25)29(2,3)4;/h12-19,28,30,32H,5-11,20-22H2,1-4H3;1H. The molecule has 1 atom stereocenters. The molecule has 0 aliphatic heterocycles. The van der Waals surface area contributed by atoms with Crippen LogP contribution in [0.5, 0.6) is 0 Å². The van der Waals surface area contributed by atoms with E-state index in [1.807, 2.05) is 29.6 Å². The molecule has 3 nitrogen and oxygen atoms in total. The maximum absolute atomic E-state index is 12.5. The molecule has 33 heavy (non-hydrogen) atoms. The first-order valence-electron chi connectivity index (χ1n) is 12.5. The summed E-state index contributed by atoms with van der Waals surface area (Å²) in [4.78, 5) is 12.5. The quantitative estimate of drug-likeness (QED) is 0.327. The third-order valence-electron chi connectivity index (χ3n) is 6.22. The molecule has 0 bridgehead atoms. The summed E-state index contributed by atoms with van der Waals surface area (Å²) in [5.74, 6) is 0.177. The Morgan fingerprint density at radius 1 is 0.909 bits per heavy atom. The van der Waals surface area contributed by atoms with Crippen LogP contribution in [0.3, 0.4) is 0 Å². The summed E-state index contributed by atoms with van der Waals surface area (Å²) in [6.45, 7) is 10.1. The van der Waals surface area contributed by atoms with Crippen LogP contribution in [0.25, 0.3) is 0 Å². The molecule has 0 heterocycles. The average molecular weight is 474 g/mol. The Morgan fingerprint density at radius 3 is 2.12 bits per heavy atom. The molecule has 2 rings (SSSR count). The Bertz CT molecular complexity index is 794. The minimum absolute atomic E-state index is 0. The monoisotopic (exact) mass is 473 g/mol. The topological polar surface area (TPSA) is 53.9 Å². The van der Waals surface area contributed by atoms with E-state index >= 15 is 0 Å². The van der Waals surface area contributed by atoms with Crippen molar-refractivity contribution in [2.24, 2.45) is 0 Å². The molecule has 0 aromatic heterocycles. The lowest BCUT2D eigenvalue weighted by Gasteiger charge is -2.19. The summed E-state index contributed by atoms with van der Waals surface area (Å²) < 4.78 is 0. The summed E-state index contributed by atoms with van der Waals surface area (Å²) in [7, 11) is 0. The third kappa shape index (κ3) is 10.9. The summed E-state index contributed by atoms with van der Waals surface area (Å²) in [6, 6.07) is 16.4. The summed E-state index contributed by atoms with van der Waals surface area (Å²) >= 11 is 0. The van der Waals surface area contributed by atoms with E-state index in [2.05, 4.69) is 52.0 Å². The van der Waals surface area contributed by atoms with Gasteiger partial charge in [0.25, 0.3) is 0 Å². The van der Waals surface area contributed by atoms with Gasteiger partial charge in [-0.3, -0.25) is 4.79 Å². The Kier molecular flexibility index (Phi) is 13.6. The average Bonchev–Trinajstić information content (AvgIpc) is 2.78. The molecular formula is C29H44ClNO2. The van der Waals surface area contributed by atoms with Crippen LogP contribution in [0, 0.1) is 0 Å². The molecule has 1 unspecified atom stereocenters. The van der Waals surface area contributed by atoms with Gasteiger partial charge in [-0.25, -0.2) is 0 Å². The highest BCUT2D eigenvalue weighted by atomic mass is 35.5. The molecule has 0 amide bonds. The van der Waals surface area contributed by atoms with E-state index < -0.39 is 6.10 Å². The summed E-state index contributed by atoms with van der Waals surface area (Å²) in [6.07, 6.45) is 8.92. The number of aliphatic hydroxyl groups excluding tert-OH is 1. The zero-order chi connectivity index (χ0) is 23.4. The zero-order valence-corrected chi connectivity index (χ0v) is 21.8. The number of aryl methyl sites for hydroxylation is 1. The minimum atomic E-state index is -0.514. The third-order valence-corrected chi connectivity index (χ3v) is 6.22. The highest BCUT2D eigenvalue weighted by Gasteiger charge is 2.15. The van der Waals surface area contributed by atoms with Crippen molar-refractivity contribution >= 4 is 5.78 Å². The first-order chi connectivity index (χ1) is 15.3. The number of hydrogen-bond donors (Lipinski definition) is 2. The maximum Gasteiger partial charge on any atom is 0.168 e. The first kappa shape index (κ1) is 29.4. The molecule has 3 N–H and O–H groups in total. The van der Waals surface area contributed by atoms with Gasteiger partial charge < -0.3 is 22.8 Å². The number of hydrogen-bond acceptors (Lipinski definition) is 2. The smallest absolute Gasteiger partial charge is 0.168 e. The molecule has 2 aromatic carbocycles. The Hall–Kier alpha value is -1.68. The Labute approximate surface area is 207 Å². The number of Topliss-reactive ketones (excluding diaryl/α,β-unsaturated/α-hetero) is 1. The van der Waals surface area contributed by atoms with Gasteiger partial charge in [0.1, 0.15) is 12.6 Å². The molecule has 0 radical (unpaired) electrons. The van der Waals surface area contributed by atoms with E-state index in [-0.39, 0.29) is 23.6 Å². The van der Waals surface area contributed by atoms with E-state index in [4.69, 9.17) is 0 Å². The lowest BCUT2D eigenvalue weighted by molar-refractivity contribution is -0.660. The maximum atomic E-state index is 12.5. The molecule has 0 fully saturated rings. The van der Waals surface area contributed by atoms with Crippen molar-refractivity contribution in [3.05, 3.63) is 70.8 Å². The summed E-state index contributed by atoms with van der Waals surface area (Å²) in [5, 5.41) is 12.5. The molecule has 4 heteroatoms. The van der Waals surface area contributed by atoms with Crippen molar-refractivity contribution in [2.75, 3.05) is 13.1 Å². The van der Waals surface area contributed by atoms with Crippen LogP contribution in [0.15, 0.2) is 48.5 Å². The number of halogens is 1. The van der Waals surface area contributed by atoms with Gasteiger partial charge in [0, 0.05) is 5.56 Å².